The molecule has 1 aliphatic rings. The van der Waals surface area contributed by atoms with Crippen molar-refractivity contribution in [1.29, 1.82) is 0 Å². The summed E-state index contributed by atoms with van der Waals surface area (Å²) in [7, 11) is 0. The zero-order chi connectivity index (χ0) is 13.2. The summed E-state index contributed by atoms with van der Waals surface area (Å²) in [6.07, 6.45) is 2.64. The lowest BCUT2D eigenvalue weighted by Crippen LogP contribution is -1.96. The van der Waals surface area contributed by atoms with E-state index in [9.17, 15) is 0 Å². The molecule has 3 rings (SSSR count). The van der Waals surface area contributed by atoms with Crippen molar-refractivity contribution in [3.63, 3.8) is 0 Å². The van der Waals surface area contributed by atoms with Gasteiger partial charge in [-0.1, -0.05) is 41.9 Å². The van der Waals surface area contributed by atoms with Crippen LogP contribution in [-0.4, -0.2) is 6.10 Å². The minimum atomic E-state index is 0.368. The summed E-state index contributed by atoms with van der Waals surface area (Å²) in [5.41, 5.74) is 8.96. The summed E-state index contributed by atoms with van der Waals surface area (Å²) < 4.78 is 5.73. The first-order valence-corrected chi connectivity index (χ1v) is 6.89. The summed E-state index contributed by atoms with van der Waals surface area (Å²) >= 11 is 6.26. The van der Waals surface area contributed by atoms with Crippen molar-refractivity contribution < 1.29 is 4.74 Å². The highest BCUT2D eigenvalue weighted by molar-refractivity contribution is 6.32. The molecule has 0 radical (unpaired) electrons. The third-order valence-corrected chi connectivity index (χ3v) is 3.57. The largest absolute Gasteiger partial charge is 0.489 e. The first-order valence-electron chi connectivity index (χ1n) is 6.52. The molecule has 19 heavy (non-hydrogen) atoms. The molecule has 3 heteroatoms. The zero-order valence-corrected chi connectivity index (χ0v) is 11.4. The Labute approximate surface area is 118 Å². The standard InChI is InChI=1S/C16H16ClNO/c17-15-9-13(5-8-16(15)19-14-6-7-14)12-3-1-11(10-18)2-4-12/h1-5,8-9,14H,6-7,10,18H2. The molecule has 0 aliphatic heterocycles. The van der Waals surface area contributed by atoms with E-state index in [4.69, 9.17) is 22.1 Å². The Morgan fingerprint density at radius 1 is 1.05 bits per heavy atom. The number of hydrogen-bond donors (Lipinski definition) is 1. The molecular formula is C16H16ClNO. The van der Waals surface area contributed by atoms with Crippen LogP contribution in [0.3, 0.4) is 0 Å². The Kier molecular flexibility index (Phi) is 3.45. The molecule has 1 aliphatic carbocycles. The van der Waals surface area contributed by atoms with Gasteiger partial charge in [-0.15, -0.1) is 0 Å². The second kappa shape index (κ2) is 5.24. The fourth-order valence-corrected chi connectivity index (χ4v) is 2.20. The van der Waals surface area contributed by atoms with Crippen LogP contribution in [0.2, 0.25) is 5.02 Å². The van der Waals surface area contributed by atoms with Crippen molar-refractivity contribution >= 4 is 11.6 Å². The highest BCUT2D eigenvalue weighted by Crippen LogP contribution is 2.34. The van der Waals surface area contributed by atoms with Crippen LogP contribution in [0.15, 0.2) is 42.5 Å². The number of rotatable bonds is 4. The van der Waals surface area contributed by atoms with Crippen LogP contribution >= 0.6 is 11.6 Å². The average Bonchev–Trinajstić information content (AvgIpc) is 3.25. The third kappa shape index (κ3) is 2.91. The lowest BCUT2D eigenvalue weighted by atomic mass is 10.0. The van der Waals surface area contributed by atoms with Crippen LogP contribution in [0.4, 0.5) is 0 Å². The second-order valence-corrected chi connectivity index (χ2v) is 5.27. The Hall–Kier alpha value is -1.51. The molecule has 2 aromatic carbocycles. The number of benzene rings is 2. The molecule has 1 saturated carbocycles. The fraction of sp³-hybridized carbons (Fsp3) is 0.250. The molecule has 0 unspecified atom stereocenters. The van der Waals surface area contributed by atoms with Crippen LogP contribution < -0.4 is 10.5 Å². The maximum absolute atomic E-state index is 6.26. The van der Waals surface area contributed by atoms with Gasteiger partial charge in [-0.3, -0.25) is 0 Å². The van der Waals surface area contributed by atoms with Crippen molar-refractivity contribution in [3.05, 3.63) is 53.1 Å². The maximum atomic E-state index is 6.26. The number of hydrogen-bond acceptors (Lipinski definition) is 2. The van der Waals surface area contributed by atoms with E-state index in [-0.39, 0.29) is 0 Å². The Balaban J connectivity index is 1.85. The smallest absolute Gasteiger partial charge is 0.138 e. The normalized spacial score (nSPS) is 14.4. The molecule has 2 nitrogen and oxygen atoms in total. The van der Waals surface area contributed by atoms with Crippen molar-refractivity contribution in [2.24, 2.45) is 5.73 Å². The van der Waals surface area contributed by atoms with Gasteiger partial charge in [-0.2, -0.15) is 0 Å². The van der Waals surface area contributed by atoms with E-state index in [1.54, 1.807) is 0 Å². The predicted octanol–water partition coefficient (Wildman–Crippen LogP) is 4.01. The first-order chi connectivity index (χ1) is 9.26. The van der Waals surface area contributed by atoms with Crippen molar-refractivity contribution in [2.45, 2.75) is 25.5 Å². The molecule has 0 heterocycles. The van der Waals surface area contributed by atoms with E-state index in [1.165, 1.54) is 0 Å². The van der Waals surface area contributed by atoms with Gasteiger partial charge in [-0.25, -0.2) is 0 Å². The third-order valence-electron chi connectivity index (χ3n) is 3.27. The molecule has 0 amide bonds. The SMILES string of the molecule is NCc1ccc(-c2ccc(OC3CC3)c(Cl)c2)cc1. The molecule has 2 aromatic rings. The molecule has 1 fully saturated rings. The molecule has 0 bridgehead atoms. The zero-order valence-electron chi connectivity index (χ0n) is 10.6. The molecule has 0 spiro atoms. The Bertz CT molecular complexity index is 576. The van der Waals surface area contributed by atoms with E-state index >= 15 is 0 Å². The maximum Gasteiger partial charge on any atom is 0.138 e. The molecular weight excluding hydrogens is 258 g/mol. The Morgan fingerprint density at radius 3 is 2.32 bits per heavy atom. The van der Waals surface area contributed by atoms with Crippen LogP contribution in [0.5, 0.6) is 5.75 Å². The molecule has 0 aromatic heterocycles. The number of halogens is 1. The predicted molar refractivity (Wildman–Crippen MR) is 78.4 cm³/mol. The summed E-state index contributed by atoms with van der Waals surface area (Å²) in [5.74, 6) is 0.784. The van der Waals surface area contributed by atoms with E-state index in [1.807, 2.05) is 30.3 Å². The highest BCUT2D eigenvalue weighted by Gasteiger charge is 2.24. The van der Waals surface area contributed by atoms with Gasteiger partial charge in [0.15, 0.2) is 0 Å². The summed E-state index contributed by atoms with van der Waals surface area (Å²) in [6.45, 7) is 0.565. The molecule has 2 N–H and O–H groups in total. The summed E-state index contributed by atoms with van der Waals surface area (Å²) in [5, 5.41) is 0.673. The fourth-order valence-electron chi connectivity index (χ4n) is 1.97. The van der Waals surface area contributed by atoms with E-state index in [0.717, 1.165) is 35.3 Å². The van der Waals surface area contributed by atoms with Gasteiger partial charge >= 0.3 is 0 Å². The second-order valence-electron chi connectivity index (χ2n) is 4.86. The van der Waals surface area contributed by atoms with E-state index in [2.05, 4.69) is 12.1 Å². The summed E-state index contributed by atoms with van der Waals surface area (Å²) in [4.78, 5) is 0. The van der Waals surface area contributed by atoms with Gasteiger partial charge in [0.2, 0.25) is 0 Å². The Morgan fingerprint density at radius 2 is 1.74 bits per heavy atom. The minimum absolute atomic E-state index is 0.368. The number of nitrogens with two attached hydrogens (primary N) is 1. The van der Waals surface area contributed by atoms with Crippen LogP contribution in [0, 0.1) is 0 Å². The van der Waals surface area contributed by atoms with Gasteiger partial charge in [-0.05, 0) is 41.7 Å². The van der Waals surface area contributed by atoms with Crippen molar-refractivity contribution in [1.82, 2.24) is 0 Å². The van der Waals surface area contributed by atoms with Crippen LogP contribution in [0.1, 0.15) is 18.4 Å². The van der Waals surface area contributed by atoms with E-state index < -0.39 is 0 Å². The first kappa shape index (κ1) is 12.5. The quantitative estimate of drug-likeness (QED) is 0.914. The van der Waals surface area contributed by atoms with Gasteiger partial charge in [0, 0.05) is 6.54 Å². The highest BCUT2D eigenvalue weighted by atomic mass is 35.5. The molecule has 0 saturated heterocycles. The van der Waals surface area contributed by atoms with Crippen LogP contribution in [-0.2, 0) is 6.54 Å². The number of ether oxygens (including phenoxy) is 1. The van der Waals surface area contributed by atoms with Crippen LogP contribution in [0.25, 0.3) is 11.1 Å². The topological polar surface area (TPSA) is 35.2 Å². The summed E-state index contributed by atoms with van der Waals surface area (Å²) in [6, 6.07) is 14.2. The van der Waals surface area contributed by atoms with Crippen molar-refractivity contribution in [3.8, 4) is 16.9 Å². The monoisotopic (exact) mass is 273 g/mol. The van der Waals surface area contributed by atoms with Gasteiger partial charge in [0.1, 0.15) is 5.75 Å². The van der Waals surface area contributed by atoms with Crippen molar-refractivity contribution in [2.75, 3.05) is 0 Å². The van der Waals surface area contributed by atoms with Gasteiger partial charge in [0.25, 0.3) is 0 Å². The van der Waals surface area contributed by atoms with Gasteiger partial charge < -0.3 is 10.5 Å². The van der Waals surface area contributed by atoms with E-state index in [0.29, 0.717) is 17.7 Å². The molecule has 0 atom stereocenters. The minimum Gasteiger partial charge on any atom is -0.489 e. The van der Waals surface area contributed by atoms with Gasteiger partial charge in [0.05, 0.1) is 11.1 Å². The average molecular weight is 274 g/mol. The molecule has 98 valence electrons. The lowest BCUT2D eigenvalue weighted by molar-refractivity contribution is 0.303. The lowest BCUT2D eigenvalue weighted by Gasteiger charge is -2.09.